The molecule has 0 radical (unpaired) electrons. The Bertz CT molecular complexity index is 1210. The Hall–Kier alpha value is -3.47. The van der Waals surface area contributed by atoms with Crippen molar-refractivity contribution in [1.29, 1.82) is 0 Å². The van der Waals surface area contributed by atoms with Crippen molar-refractivity contribution in [3.63, 3.8) is 0 Å². The van der Waals surface area contributed by atoms with Gasteiger partial charge in [0.1, 0.15) is 5.82 Å². The second kappa shape index (κ2) is 12.6. The number of nitrogens with zero attached hydrogens (tertiary/aromatic N) is 4. The molecule has 1 aliphatic heterocycles. The number of halogens is 3. The lowest BCUT2D eigenvalue weighted by atomic mass is 9.80. The van der Waals surface area contributed by atoms with E-state index in [9.17, 15) is 23.1 Å². The molecule has 0 saturated carbocycles. The summed E-state index contributed by atoms with van der Waals surface area (Å²) in [6.07, 6.45) is 5.05. The fourth-order valence-electron chi connectivity index (χ4n) is 4.79. The SMILES string of the molecule is CCC(C)(O)C1CCN(c2ncc(NC(=O)C(=NN)C(C)=NC3=CC=C(C(F)(F)F)C=CCC3)cc2C)CC1. The van der Waals surface area contributed by atoms with E-state index in [1.165, 1.54) is 19.1 Å². The van der Waals surface area contributed by atoms with E-state index >= 15 is 0 Å². The number of anilines is 2. The van der Waals surface area contributed by atoms with Crippen LogP contribution in [0.25, 0.3) is 0 Å². The van der Waals surface area contributed by atoms with Gasteiger partial charge < -0.3 is 21.2 Å². The summed E-state index contributed by atoms with van der Waals surface area (Å²) in [5, 5.41) is 16.9. The number of aryl methyl sites for hydroxylation is 1. The number of amides is 1. The summed E-state index contributed by atoms with van der Waals surface area (Å²) in [5.41, 5.74) is 0.301. The molecule has 212 valence electrons. The standard InChI is InChI=1S/C28H37F3N6O2/c1-5-27(4,39)20-12-14-37(15-13-20)25-18(2)16-23(17-33-25)35-26(38)24(36-32)19(3)34-22-9-7-6-8-21(10-11-22)28(29,30)31/h6,8,10-11,16-17,20,39H,5,7,9,12-15,32H2,1-4H3,(H,35,38). The summed E-state index contributed by atoms with van der Waals surface area (Å²) in [4.78, 5) is 24.0. The van der Waals surface area contributed by atoms with Crippen molar-refractivity contribution in [2.75, 3.05) is 23.3 Å². The lowest BCUT2D eigenvalue weighted by molar-refractivity contribution is -0.110. The summed E-state index contributed by atoms with van der Waals surface area (Å²) in [7, 11) is 0. The van der Waals surface area contributed by atoms with Crippen LogP contribution in [0.15, 0.2) is 57.9 Å². The first-order valence-electron chi connectivity index (χ1n) is 13.1. The number of hydrazone groups is 1. The third-order valence-corrected chi connectivity index (χ3v) is 7.34. The van der Waals surface area contributed by atoms with Gasteiger partial charge in [0.15, 0.2) is 5.71 Å². The van der Waals surface area contributed by atoms with E-state index in [0.717, 1.165) is 49.5 Å². The van der Waals surface area contributed by atoms with Crippen LogP contribution in [0.2, 0.25) is 0 Å². The summed E-state index contributed by atoms with van der Waals surface area (Å²) in [6.45, 7) is 8.90. The Balaban J connectivity index is 1.69. The van der Waals surface area contributed by atoms with Gasteiger partial charge in [0.2, 0.25) is 0 Å². The minimum atomic E-state index is -4.47. The number of aliphatic hydroxyl groups is 1. The maximum atomic E-state index is 13.1. The van der Waals surface area contributed by atoms with E-state index < -0.39 is 23.3 Å². The lowest BCUT2D eigenvalue weighted by Gasteiger charge is -2.40. The van der Waals surface area contributed by atoms with Crippen molar-refractivity contribution in [3.05, 3.63) is 53.4 Å². The molecule has 1 saturated heterocycles. The van der Waals surface area contributed by atoms with Crippen molar-refractivity contribution in [3.8, 4) is 0 Å². The van der Waals surface area contributed by atoms with Gasteiger partial charge in [0, 0.05) is 18.8 Å². The maximum Gasteiger partial charge on any atom is 0.416 e. The van der Waals surface area contributed by atoms with Gasteiger partial charge in [-0.1, -0.05) is 19.1 Å². The van der Waals surface area contributed by atoms with Crippen LogP contribution in [-0.4, -0.2) is 52.3 Å². The number of hydrogen-bond donors (Lipinski definition) is 3. The number of pyridine rings is 1. The fraction of sp³-hybridized carbons (Fsp3) is 0.500. The van der Waals surface area contributed by atoms with Crippen LogP contribution in [0.3, 0.4) is 0 Å². The van der Waals surface area contributed by atoms with Crippen LogP contribution in [0, 0.1) is 12.8 Å². The summed E-state index contributed by atoms with van der Waals surface area (Å²) in [5.74, 6) is 5.95. The topological polar surface area (TPSA) is 116 Å². The molecule has 39 heavy (non-hydrogen) atoms. The lowest BCUT2D eigenvalue weighted by Crippen LogP contribution is -2.43. The Morgan fingerprint density at radius 3 is 2.56 bits per heavy atom. The van der Waals surface area contributed by atoms with Crippen LogP contribution in [0.4, 0.5) is 24.7 Å². The molecule has 3 rings (SSSR count). The zero-order valence-corrected chi connectivity index (χ0v) is 22.8. The number of nitrogens with one attached hydrogen (secondary N) is 1. The van der Waals surface area contributed by atoms with Gasteiger partial charge in [0.25, 0.3) is 5.91 Å². The Morgan fingerprint density at radius 2 is 1.97 bits per heavy atom. The van der Waals surface area contributed by atoms with E-state index in [0.29, 0.717) is 30.6 Å². The van der Waals surface area contributed by atoms with E-state index in [4.69, 9.17) is 5.84 Å². The van der Waals surface area contributed by atoms with Crippen LogP contribution < -0.4 is 16.1 Å². The van der Waals surface area contributed by atoms with Gasteiger partial charge in [-0.15, -0.1) is 0 Å². The molecule has 11 heteroatoms. The highest BCUT2D eigenvalue weighted by atomic mass is 19.4. The second-order valence-corrected chi connectivity index (χ2v) is 10.2. The van der Waals surface area contributed by atoms with E-state index in [1.54, 1.807) is 6.20 Å². The van der Waals surface area contributed by atoms with Gasteiger partial charge in [-0.2, -0.15) is 18.3 Å². The van der Waals surface area contributed by atoms with Crippen LogP contribution in [0.5, 0.6) is 0 Å². The minimum Gasteiger partial charge on any atom is -0.390 e. The van der Waals surface area contributed by atoms with Gasteiger partial charge >= 0.3 is 6.18 Å². The number of rotatable bonds is 7. The number of carbonyl (C=O) groups excluding carboxylic acids is 1. The van der Waals surface area contributed by atoms with Crippen LogP contribution >= 0.6 is 0 Å². The highest BCUT2D eigenvalue weighted by molar-refractivity contribution is 6.68. The normalized spacial score (nSPS) is 19.5. The van der Waals surface area contributed by atoms with Gasteiger partial charge in [-0.25, -0.2) is 4.98 Å². The average Bonchev–Trinajstić information content (AvgIpc) is 2.85. The third kappa shape index (κ3) is 7.78. The summed E-state index contributed by atoms with van der Waals surface area (Å²) < 4.78 is 39.2. The Labute approximate surface area is 227 Å². The van der Waals surface area contributed by atoms with E-state index in [2.05, 4.69) is 25.3 Å². The summed E-state index contributed by atoms with van der Waals surface area (Å²) >= 11 is 0. The molecule has 2 aliphatic rings. The number of allylic oxidation sites excluding steroid dienone is 6. The second-order valence-electron chi connectivity index (χ2n) is 10.2. The van der Waals surface area contributed by atoms with Crippen molar-refractivity contribution >= 4 is 28.8 Å². The zero-order valence-electron chi connectivity index (χ0n) is 22.8. The van der Waals surface area contributed by atoms with Crippen molar-refractivity contribution < 1.29 is 23.1 Å². The Morgan fingerprint density at radius 1 is 1.28 bits per heavy atom. The number of piperidine rings is 1. The highest BCUT2D eigenvalue weighted by Crippen LogP contribution is 2.33. The molecule has 1 amide bonds. The van der Waals surface area contributed by atoms with Gasteiger partial charge in [-0.05, 0) is 82.6 Å². The highest BCUT2D eigenvalue weighted by Gasteiger charge is 2.34. The largest absolute Gasteiger partial charge is 0.416 e. The van der Waals surface area contributed by atoms with Crippen molar-refractivity contribution in [1.82, 2.24) is 4.98 Å². The minimum absolute atomic E-state index is 0.139. The number of aliphatic imine (C=N–C) groups is 1. The predicted octanol–water partition coefficient (Wildman–Crippen LogP) is 5.20. The molecule has 1 unspecified atom stereocenters. The molecule has 2 heterocycles. The zero-order chi connectivity index (χ0) is 28.8. The molecule has 0 spiro atoms. The molecule has 1 aliphatic carbocycles. The number of hydrogen-bond acceptors (Lipinski definition) is 7. The van der Waals surface area contributed by atoms with Gasteiger partial charge in [-0.3, -0.25) is 9.79 Å². The number of nitrogens with two attached hydrogens (primary N) is 1. The predicted molar refractivity (Wildman–Crippen MR) is 149 cm³/mol. The van der Waals surface area contributed by atoms with Crippen molar-refractivity contribution in [2.24, 2.45) is 21.9 Å². The maximum absolute atomic E-state index is 13.1. The van der Waals surface area contributed by atoms with Crippen LogP contribution in [0.1, 0.15) is 58.4 Å². The number of alkyl halides is 3. The van der Waals surface area contributed by atoms with Crippen molar-refractivity contribution in [2.45, 2.75) is 71.6 Å². The molecule has 8 nitrogen and oxygen atoms in total. The molecule has 1 atom stereocenters. The quantitative estimate of drug-likeness (QED) is 0.247. The first kappa shape index (κ1) is 30.1. The third-order valence-electron chi connectivity index (χ3n) is 7.34. The average molecular weight is 547 g/mol. The molecule has 1 aromatic heterocycles. The fourth-order valence-corrected chi connectivity index (χ4v) is 4.79. The van der Waals surface area contributed by atoms with E-state index in [-0.39, 0.29) is 17.3 Å². The molecule has 1 fully saturated rings. The van der Waals surface area contributed by atoms with Crippen LogP contribution in [-0.2, 0) is 4.79 Å². The first-order chi connectivity index (χ1) is 18.4. The molecular formula is C28H37F3N6O2. The summed E-state index contributed by atoms with van der Waals surface area (Å²) in [6, 6.07) is 1.81. The first-order valence-corrected chi connectivity index (χ1v) is 13.1. The smallest absolute Gasteiger partial charge is 0.390 e. The molecule has 4 N–H and O–H groups in total. The number of aromatic nitrogens is 1. The molecular weight excluding hydrogens is 509 g/mol. The molecule has 1 aromatic rings. The molecule has 0 bridgehead atoms. The molecule has 0 aromatic carbocycles. The number of carbonyl (C=O) groups is 1. The van der Waals surface area contributed by atoms with Gasteiger partial charge in [0.05, 0.1) is 28.8 Å². The monoisotopic (exact) mass is 546 g/mol. The van der Waals surface area contributed by atoms with E-state index in [1.807, 2.05) is 26.8 Å². The Kier molecular flexibility index (Phi) is 9.71.